The van der Waals surface area contributed by atoms with Crippen molar-refractivity contribution >= 4 is 5.97 Å². The van der Waals surface area contributed by atoms with Crippen molar-refractivity contribution in [3.8, 4) is 11.8 Å². The zero-order valence-electron chi connectivity index (χ0n) is 21.5. The second-order valence-corrected chi connectivity index (χ2v) is 10.2. The number of carbonyl (C=O) groups is 1. The summed E-state index contributed by atoms with van der Waals surface area (Å²) in [6, 6.07) is 13.6. The summed E-state index contributed by atoms with van der Waals surface area (Å²) in [5.74, 6) is 1.26. The van der Waals surface area contributed by atoms with E-state index in [1.54, 1.807) is 6.20 Å². The summed E-state index contributed by atoms with van der Waals surface area (Å²) in [5, 5.41) is 8.90. The molecule has 1 aromatic carbocycles. The Hall–Kier alpha value is -2.67. The highest BCUT2D eigenvalue weighted by Gasteiger charge is 2.27. The highest BCUT2D eigenvalue weighted by molar-refractivity contribution is 5.75. The number of ether oxygens (including phenoxy) is 1. The number of rotatable bonds is 14. The maximum atomic E-state index is 12.7. The van der Waals surface area contributed by atoms with Crippen LogP contribution in [0.2, 0.25) is 0 Å². The van der Waals surface area contributed by atoms with E-state index in [0.717, 1.165) is 50.1 Å². The first-order chi connectivity index (χ1) is 17.2. The molecule has 4 heteroatoms. The maximum Gasteiger partial charge on any atom is 0.314 e. The summed E-state index contributed by atoms with van der Waals surface area (Å²) >= 11 is 0. The van der Waals surface area contributed by atoms with Gasteiger partial charge in [-0.15, -0.1) is 0 Å². The molecule has 0 spiro atoms. The highest BCUT2D eigenvalue weighted by Crippen LogP contribution is 2.33. The van der Waals surface area contributed by atoms with E-state index in [0.29, 0.717) is 11.3 Å². The largest absolute Gasteiger partial charge is 0.425 e. The number of aryl methyl sites for hydroxylation is 2. The van der Waals surface area contributed by atoms with Crippen LogP contribution in [-0.2, 0) is 17.6 Å². The van der Waals surface area contributed by atoms with Crippen molar-refractivity contribution in [3.63, 3.8) is 0 Å². The lowest BCUT2D eigenvalue weighted by atomic mass is 9.80. The van der Waals surface area contributed by atoms with Crippen molar-refractivity contribution in [2.24, 2.45) is 11.8 Å². The molecule has 4 nitrogen and oxygen atoms in total. The van der Waals surface area contributed by atoms with Crippen LogP contribution < -0.4 is 4.74 Å². The van der Waals surface area contributed by atoms with Crippen molar-refractivity contribution in [1.29, 1.82) is 5.26 Å². The Morgan fingerprint density at radius 1 is 0.914 bits per heavy atom. The number of carbonyl (C=O) groups excluding carboxylic acids is 1. The second kappa shape index (κ2) is 15.4. The van der Waals surface area contributed by atoms with E-state index in [-0.39, 0.29) is 11.9 Å². The quantitative estimate of drug-likeness (QED) is 0.206. The van der Waals surface area contributed by atoms with Crippen LogP contribution >= 0.6 is 0 Å². The van der Waals surface area contributed by atoms with E-state index in [9.17, 15) is 4.79 Å². The first kappa shape index (κ1) is 26.9. The van der Waals surface area contributed by atoms with Crippen LogP contribution in [0.5, 0.6) is 5.75 Å². The van der Waals surface area contributed by atoms with Gasteiger partial charge in [-0.1, -0.05) is 76.8 Å². The standard InChI is InChI=1S/C31H42N2O2/c1-2-3-4-5-6-7-8-9-10-25-15-18-28(19-16-25)31(34)35-30-22-21-29(33-24-30)20-17-26-11-13-27(23-32)14-12-26/h11-14,21-22,24-25,28H,2-10,15-20H2,1H3/t25-,28-. The fourth-order valence-corrected chi connectivity index (χ4v) is 5.09. The first-order valence-electron chi connectivity index (χ1n) is 13.8. The summed E-state index contributed by atoms with van der Waals surface area (Å²) in [6.45, 7) is 2.27. The summed E-state index contributed by atoms with van der Waals surface area (Å²) < 4.78 is 5.65. The third-order valence-electron chi connectivity index (χ3n) is 7.41. The van der Waals surface area contributed by atoms with Crippen molar-refractivity contribution in [3.05, 3.63) is 59.4 Å². The van der Waals surface area contributed by atoms with Crippen molar-refractivity contribution < 1.29 is 9.53 Å². The molecule has 0 saturated heterocycles. The van der Waals surface area contributed by atoms with Crippen molar-refractivity contribution in [2.45, 2.75) is 103 Å². The minimum absolute atomic E-state index is 0.0286. The molecule has 0 N–H and O–H groups in total. The Bertz CT molecular complexity index is 906. The van der Waals surface area contributed by atoms with E-state index in [1.165, 1.54) is 63.4 Å². The molecule has 0 atom stereocenters. The molecule has 0 amide bonds. The number of aromatic nitrogens is 1. The normalized spacial score (nSPS) is 17.6. The number of hydrogen-bond donors (Lipinski definition) is 0. The average molecular weight is 475 g/mol. The van der Waals surface area contributed by atoms with Crippen LogP contribution in [0.15, 0.2) is 42.6 Å². The Balaban J connectivity index is 1.30. The van der Waals surface area contributed by atoms with Gasteiger partial charge in [0.15, 0.2) is 0 Å². The zero-order chi connectivity index (χ0) is 24.7. The van der Waals surface area contributed by atoms with Crippen LogP contribution in [0.4, 0.5) is 0 Å². The number of esters is 1. The lowest BCUT2D eigenvalue weighted by Crippen LogP contribution is -2.25. The van der Waals surface area contributed by atoms with E-state index in [4.69, 9.17) is 10.00 Å². The van der Waals surface area contributed by atoms with E-state index in [1.807, 2.05) is 36.4 Å². The Labute approximate surface area is 212 Å². The third-order valence-corrected chi connectivity index (χ3v) is 7.41. The lowest BCUT2D eigenvalue weighted by molar-refractivity contribution is -0.140. The molecule has 1 fully saturated rings. The topological polar surface area (TPSA) is 63.0 Å². The first-order valence-corrected chi connectivity index (χ1v) is 13.8. The second-order valence-electron chi connectivity index (χ2n) is 10.2. The van der Waals surface area contributed by atoms with Gasteiger partial charge in [0, 0.05) is 5.69 Å². The van der Waals surface area contributed by atoms with Gasteiger partial charge in [-0.25, -0.2) is 0 Å². The van der Waals surface area contributed by atoms with Crippen LogP contribution in [0.3, 0.4) is 0 Å². The van der Waals surface area contributed by atoms with E-state index < -0.39 is 0 Å². The van der Waals surface area contributed by atoms with E-state index in [2.05, 4.69) is 18.0 Å². The van der Waals surface area contributed by atoms with Crippen LogP contribution in [0.1, 0.15) is 107 Å². The van der Waals surface area contributed by atoms with Gasteiger partial charge in [-0.3, -0.25) is 9.78 Å². The molecule has 2 aromatic rings. The molecule has 3 rings (SSSR count). The number of pyridine rings is 1. The zero-order valence-corrected chi connectivity index (χ0v) is 21.5. The molecule has 0 aliphatic heterocycles. The summed E-state index contributed by atoms with van der Waals surface area (Å²) in [6.07, 6.45) is 19.9. The Morgan fingerprint density at radius 3 is 2.23 bits per heavy atom. The molecule has 1 aliphatic rings. The minimum Gasteiger partial charge on any atom is -0.425 e. The minimum atomic E-state index is -0.0948. The van der Waals surface area contributed by atoms with Gasteiger partial charge in [0.25, 0.3) is 0 Å². The molecule has 1 saturated carbocycles. The molecule has 188 valence electrons. The fraction of sp³-hybridized carbons (Fsp3) is 0.581. The fourth-order valence-electron chi connectivity index (χ4n) is 5.09. The number of benzene rings is 1. The van der Waals surface area contributed by atoms with Gasteiger partial charge in [0.1, 0.15) is 5.75 Å². The molecule has 1 aromatic heterocycles. The molecule has 0 unspecified atom stereocenters. The Morgan fingerprint density at radius 2 is 1.60 bits per heavy atom. The van der Waals surface area contributed by atoms with Gasteiger partial charge >= 0.3 is 5.97 Å². The smallest absolute Gasteiger partial charge is 0.314 e. The van der Waals surface area contributed by atoms with Crippen LogP contribution in [0, 0.1) is 23.2 Å². The Kier molecular flexibility index (Phi) is 11.8. The molecule has 1 heterocycles. The number of nitrogens with zero attached hydrogens (tertiary/aromatic N) is 2. The molecular formula is C31H42N2O2. The number of unbranched alkanes of at least 4 members (excludes halogenated alkanes) is 7. The molecule has 0 radical (unpaired) electrons. The average Bonchev–Trinajstić information content (AvgIpc) is 2.90. The molecular weight excluding hydrogens is 432 g/mol. The SMILES string of the molecule is CCCCCCCCCC[C@H]1CC[C@H](C(=O)Oc2ccc(CCc3ccc(C#N)cc3)nc2)CC1. The van der Waals surface area contributed by atoms with Gasteiger partial charge < -0.3 is 4.74 Å². The van der Waals surface area contributed by atoms with E-state index >= 15 is 0 Å². The number of nitriles is 1. The summed E-state index contributed by atoms with van der Waals surface area (Å²) in [4.78, 5) is 17.1. The van der Waals surface area contributed by atoms with Crippen molar-refractivity contribution in [2.75, 3.05) is 0 Å². The number of hydrogen-bond acceptors (Lipinski definition) is 4. The monoisotopic (exact) mass is 474 g/mol. The van der Waals surface area contributed by atoms with Crippen LogP contribution in [-0.4, -0.2) is 11.0 Å². The lowest BCUT2D eigenvalue weighted by Gasteiger charge is -2.27. The molecule has 0 bridgehead atoms. The third kappa shape index (κ3) is 9.84. The van der Waals surface area contributed by atoms with Gasteiger partial charge in [0.2, 0.25) is 0 Å². The van der Waals surface area contributed by atoms with Crippen molar-refractivity contribution in [1.82, 2.24) is 4.98 Å². The predicted octanol–water partition coefficient (Wildman–Crippen LogP) is 7.98. The molecule has 35 heavy (non-hydrogen) atoms. The van der Waals surface area contributed by atoms with Gasteiger partial charge in [-0.05, 0) is 74.3 Å². The molecule has 1 aliphatic carbocycles. The summed E-state index contributed by atoms with van der Waals surface area (Å²) in [5.41, 5.74) is 2.82. The summed E-state index contributed by atoms with van der Waals surface area (Å²) in [7, 11) is 0. The van der Waals surface area contributed by atoms with Gasteiger partial charge in [0.05, 0.1) is 23.7 Å². The highest BCUT2D eigenvalue weighted by atomic mass is 16.5. The van der Waals surface area contributed by atoms with Crippen LogP contribution in [0.25, 0.3) is 0 Å². The maximum absolute atomic E-state index is 12.7. The van der Waals surface area contributed by atoms with Gasteiger partial charge in [-0.2, -0.15) is 5.26 Å². The predicted molar refractivity (Wildman–Crippen MR) is 141 cm³/mol.